The molecule has 3 aromatic rings. The van der Waals surface area contributed by atoms with Crippen molar-refractivity contribution >= 4 is 57.8 Å². The number of nitrogens with zero attached hydrogens (tertiary/aromatic N) is 2. The van der Waals surface area contributed by atoms with E-state index in [4.69, 9.17) is 21.1 Å². The number of carbonyl (C=O) groups is 2. The average Bonchev–Trinajstić information content (AvgIpc) is 3.29. The summed E-state index contributed by atoms with van der Waals surface area (Å²) < 4.78 is 25.6. The van der Waals surface area contributed by atoms with Crippen LogP contribution in [0.4, 0.5) is 15.8 Å². The zero-order chi connectivity index (χ0) is 28.8. The van der Waals surface area contributed by atoms with Gasteiger partial charge in [0.2, 0.25) is 0 Å². The number of nitrogens with one attached hydrogen (secondary N) is 1. The minimum atomic E-state index is -0.435. The Bertz CT molecular complexity index is 1510. The van der Waals surface area contributed by atoms with Gasteiger partial charge in [0, 0.05) is 6.04 Å². The molecule has 10 heteroatoms. The first-order valence-electron chi connectivity index (χ1n) is 13.3. The van der Waals surface area contributed by atoms with Crippen LogP contribution >= 0.6 is 23.4 Å². The Morgan fingerprint density at radius 2 is 1.85 bits per heavy atom. The standard InChI is InChI=1S/C31H29ClFN3O4S/c1-39-27-17-20(15-16-26(27)40-19-29(37)34-24-13-7-5-11-22(24)32)18-28-30(38)36(21-9-3-2-4-10-21)31(41-28)35-25-14-8-6-12-23(25)33/h5-8,11-18,21H,2-4,9-10,19H2,1H3,(H,34,37)/b28-18-,35-31?. The van der Waals surface area contributed by atoms with Gasteiger partial charge in [-0.25, -0.2) is 9.38 Å². The van der Waals surface area contributed by atoms with E-state index >= 15 is 0 Å². The van der Waals surface area contributed by atoms with Crippen molar-refractivity contribution in [3.8, 4) is 11.5 Å². The molecule has 41 heavy (non-hydrogen) atoms. The van der Waals surface area contributed by atoms with Crippen LogP contribution in [-0.4, -0.2) is 41.6 Å². The topological polar surface area (TPSA) is 80.2 Å². The lowest BCUT2D eigenvalue weighted by molar-refractivity contribution is -0.124. The largest absolute Gasteiger partial charge is 0.493 e. The number of amides is 2. The van der Waals surface area contributed by atoms with E-state index < -0.39 is 5.82 Å². The molecule has 0 radical (unpaired) electrons. The van der Waals surface area contributed by atoms with Crippen LogP contribution in [0.25, 0.3) is 6.08 Å². The molecule has 7 nitrogen and oxygen atoms in total. The minimum Gasteiger partial charge on any atom is -0.493 e. The summed E-state index contributed by atoms with van der Waals surface area (Å²) in [7, 11) is 1.50. The fourth-order valence-electron chi connectivity index (χ4n) is 4.81. The highest BCUT2D eigenvalue weighted by atomic mass is 35.5. The fraction of sp³-hybridized carbons (Fsp3) is 0.258. The number of rotatable bonds is 8. The molecule has 1 aliphatic heterocycles. The van der Waals surface area contributed by atoms with Crippen LogP contribution in [-0.2, 0) is 9.59 Å². The van der Waals surface area contributed by atoms with E-state index in [0.717, 1.165) is 32.1 Å². The van der Waals surface area contributed by atoms with E-state index in [1.165, 1.54) is 24.9 Å². The third-order valence-electron chi connectivity index (χ3n) is 6.84. The summed E-state index contributed by atoms with van der Waals surface area (Å²) in [5.41, 5.74) is 1.41. The van der Waals surface area contributed by atoms with Crippen LogP contribution in [0, 0.1) is 5.82 Å². The van der Waals surface area contributed by atoms with Crippen molar-refractivity contribution in [1.82, 2.24) is 4.90 Å². The van der Waals surface area contributed by atoms with E-state index in [2.05, 4.69) is 10.3 Å². The lowest BCUT2D eigenvalue weighted by atomic mass is 9.94. The summed E-state index contributed by atoms with van der Waals surface area (Å²) in [5.74, 6) is -0.170. The molecule has 2 aliphatic rings. The van der Waals surface area contributed by atoms with Gasteiger partial charge in [0.15, 0.2) is 23.3 Å². The van der Waals surface area contributed by atoms with Crippen molar-refractivity contribution in [3.63, 3.8) is 0 Å². The first kappa shape index (κ1) is 28.7. The second-order valence-corrected chi connectivity index (χ2v) is 11.1. The Morgan fingerprint density at radius 3 is 2.61 bits per heavy atom. The quantitative estimate of drug-likeness (QED) is 0.275. The van der Waals surface area contributed by atoms with Gasteiger partial charge in [-0.05, 0) is 72.6 Å². The second-order valence-electron chi connectivity index (χ2n) is 9.65. The second kappa shape index (κ2) is 13.2. The molecule has 3 aromatic carbocycles. The van der Waals surface area contributed by atoms with Crippen molar-refractivity contribution in [2.75, 3.05) is 19.0 Å². The third-order valence-corrected chi connectivity index (χ3v) is 8.15. The Labute approximate surface area is 247 Å². The van der Waals surface area contributed by atoms with Gasteiger partial charge < -0.3 is 14.8 Å². The van der Waals surface area contributed by atoms with Crippen LogP contribution in [0.2, 0.25) is 5.02 Å². The molecule has 2 fully saturated rings. The number of aliphatic imine (C=N–C) groups is 1. The van der Waals surface area contributed by atoms with Crippen LogP contribution in [0.1, 0.15) is 37.7 Å². The van der Waals surface area contributed by atoms with Crippen molar-refractivity contribution in [1.29, 1.82) is 0 Å². The zero-order valence-electron chi connectivity index (χ0n) is 22.4. The molecule has 1 N–H and O–H groups in total. The number of anilines is 1. The van der Waals surface area contributed by atoms with Crippen molar-refractivity contribution in [2.24, 2.45) is 4.99 Å². The summed E-state index contributed by atoms with van der Waals surface area (Å²) >= 11 is 7.34. The van der Waals surface area contributed by atoms with Gasteiger partial charge in [-0.3, -0.25) is 14.5 Å². The van der Waals surface area contributed by atoms with E-state index in [-0.39, 0.29) is 30.2 Å². The summed E-state index contributed by atoms with van der Waals surface area (Å²) in [5, 5.41) is 3.62. The average molecular weight is 594 g/mol. The van der Waals surface area contributed by atoms with Gasteiger partial charge >= 0.3 is 0 Å². The summed E-state index contributed by atoms with van der Waals surface area (Å²) in [6.45, 7) is -0.247. The molecule has 0 bridgehead atoms. The highest BCUT2D eigenvalue weighted by Gasteiger charge is 2.38. The number of benzene rings is 3. The maximum Gasteiger partial charge on any atom is 0.267 e. The number of hydrogen-bond acceptors (Lipinski definition) is 6. The van der Waals surface area contributed by atoms with Crippen molar-refractivity contribution < 1.29 is 23.5 Å². The smallest absolute Gasteiger partial charge is 0.267 e. The number of thioether (sulfide) groups is 1. The summed E-state index contributed by atoms with van der Waals surface area (Å²) in [6.07, 6.45) is 6.77. The maximum atomic E-state index is 14.4. The number of ether oxygens (including phenoxy) is 2. The Morgan fingerprint density at radius 1 is 1.10 bits per heavy atom. The molecule has 5 rings (SSSR count). The van der Waals surface area contributed by atoms with Gasteiger partial charge in [-0.15, -0.1) is 0 Å². The number of carbonyl (C=O) groups excluding carboxylic acids is 2. The molecule has 1 saturated heterocycles. The molecule has 2 amide bonds. The normalized spacial score (nSPS) is 17.7. The van der Waals surface area contributed by atoms with Crippen molar-refractivity contribution in [2.45, 2.75) is 38.1 Å². The molecule has 0 aromatic heterocycles. The third kappa shape index (κ3) is 6.92. The van der Waals surface area contributed by atoms with Gasteiger partial charge in [0.1, 0.15) is 11.5 Å². The van der Waals surface area contributed by atoms with Crippen LogP contribution in [0.3, 0.4) is 0 Å². The van der Waals surface area contributed by atoms with E-state index in [1.807, 2.05) is 0 Å². The summed E-state index contributed by atoms with van der Waals surface area (Å²) in [6, 6.07) is 18.5. The number of methoxy groups -OCH3 is 1. The first-order valence-corrected chi connectivity index (χ1v) is 14.5. The molecule has 1 aliphatic carbocycles. The van der Waals surface area contributed by atoms with Gasteiger partial charge in [-0.1, -0.05) is 61.2 Å². The van der Waals surface area contributed by atoms with Crippen LogP contribution < -0.4 is 14.8 Å². The molecule has 0 spiro atoms. The molecule has 0 atom stereocenters. The van der Waals surface area contributed by atoms with E-state index in [1.54, 1.807) is 71.6 Å². The zero-order valence-corrected chi connectivity index (χ0v) is 24.0. The highest BCUT2D eigenvalue weighted by Crippen LogP contribution is 2.39. The lowest BCUT2D eigenvalue weighted by Gasteiger charge is -2.30. The van der Waals surface area contributed by atoms with Crippen molar-refractivity contribution in [3.05, 3.63) is 88.0 Å². The lowest BCUT2D eigenvalue weighted by Crippen LogP contribution is -2.40. The highest BCUT2D eigenvalue weighted by molar-refractivity contribution is 8.18. The Kier molecular flexibility index (Phi) is 9.26. The monoisotopic (exact) mass is 593 g/mol. The number of para-hydroxylation sites is 2. The SMILES string of the molecule is COc1cc(/C=C2\SC(=Nc3ccccc3F)N(C3CCCCC3)C2=O)ccc1OCC(=O)Nc1ccccc1Cl. The molecule has 0 unspecified atom stereocenters. The van der Waals surface area contributed by atoms with Crippen LogP contribution in [0.5, 0.6) is 11.5 Å². The number of halogens is 2. The summed E-state index contributed by atoms with van der Waals surface area (Å²) in [4.78, 5) is 32.8. The molecule has 212 valence electrons. The molecular weight excluding hydrogens is 565 g/mol. The first-order chi connectivity index (χ1) is 19.9. The number of hydrogen-bond donors (Lipinski definition) is 1. The van der Waals surface area contributed by atoms with Gasteiger partial charge in [-0.2, -0.15) is 0 Å². The molecule has 1 saturated carbocycles. The molecular formula is C31H29ClFN3O4S. The predicted molar refractivity (Wildman–Crippen MR) is 161 cm³/mol. The van der Waals surface area contributed by atoms with Gasteiger partial charge in [0.25, 0.3) is 11.8 Å². The number of amidine groups is 1. The maximum absolute atomic E-state index is 14.4. The van der Waals surface area contributed by atoms with E-state index in [0.29, 0.717) is 37.8 Å². The van der Waals surface area contributed by atoms with Gasteiger partial charge in [0.05, 0.1) is 22.7 Å². The predicted octanol–water partition coefficient (Wildman–Crippen LogP) is 7.44. The Balaban J connectivity index is 1.34. The van der Waals surface area contributed by atoms with Crippen LogP contribution in [0.15, 0.2) is 76.6 Å². The van der Waals surface area contributed by atoms with E-state index in [9.17, 15) is 14.0 Å². The molecule has 1 heterocycles. The fourth-order valence-corrected chi connectivity index (χ4v) is 6.04. The Hall–Kier alpha value is -3.82. The minimum absolute atomic E-state index is 0.0300.